The third kappa shape index (κ3) is 5.84. The summed E-state index contributed by atoms with van der Waals surface area (Å²) >= 11 is 15.4. The number of carbonyl (C=O) groups excluding carboxylic acids is 1. The Bertz CT molecular complexity index is 1050. The quantitative estimate of drug-likeness (QED) is 0.471. The van der Waals surface area contributed by atoms with Crippen molar-refractivity contribution in [3.63, 3.8) is 0 Å². The summed E-state index contributed by atoms with van der Waals surface area (Å²) in [6.45, 7) is 7.35. The maximum absolute atomic E-state index is 12.1. The van der Waals surface area contributed by atoms with E-state index in [4.69, 9.17) is 28.2 Å². The lowest BCUT2D eigenvalue weighted by atomic mass is 10.2. The molecule has 1 aliphatic rings. The Morgan fingerprint density at radius 2 is 1.87 bits per heavy atom. The van der Waals surface area contributed by atoms with Crippen LogP contribution in [-0.2, 0) is 4.79 Å². The highest BCUT2D eigenvalue weighted by Gasteiger charge is 2.20. The maximum atomic E-state index is 12.1. The molecule has 0 spiro atoms. The molecule has 0 radical (unpaired) electrons. The molecule has 1 N–H and O–H groups in total. The van der Waals surface area contributed by atoms with Crippen LogP contribution in [0.2, 0.25) is 10.0 Å². The van der Waals surface area contributed by atoms with Crippen molar-refractivity contribution in [3.05, 3.63) is 52.0 Å². The maximum Gasteiger partial charge on any atom is 0.230 e. The molecule has 31 heavy (non-hydrogen) atoms. The highest BCUT2D eigenvalue weighted by Crippen LogP contribution is 2.33. The van der Waals surface area contributed by atoms with E-state index in [2.05, 4.69) is 21.2 Å². The zero-order valence-electron chi connectivity index (χ0n) is 17.2. The molecule has 9 heteroatoms. The standard InChI is InChI=1S/C22H24Cl2N4OS2/c1-15-18(24)6-7-19-21(15)26-22(31-19)28-12-10-27(11-13-28)9-8-25-20(29)14-30-17-4-2-16(23)3-5-17/h2-7H,8-14H2,1H3,(H,25,29). The van der Waals surface area contributed by atoms with Gasteiger partial charge in [0.05, 0.1) is 16.0 Å². The molecule has 1 aromatic heterocycles. The van der Waals surface area contributed by atoms with Crippen LogP contribution in [0.3, 0.4) is 0 Å². The van der Waals surface area contributed by atoms with E-state index in [9.17, 15) is 4.79 Å². The van der Waals surface area contributed by atoms with Gasteiger partial charge in [-0.05, 0) is 48.9 Å². The minimum atomic E-state index is 0.0575. The van der Waals surface area contributed by atoms with Crippen molar-refractivity contribution in [1.29, 1.82) is 0 Å². The fourth-order valence-corrected chi connectivity index (χ4v) is 5.55. The highest BCUT2D eigenvalue weighted by atomic mass is 35.5. The fourth-order valence-electron chi connectivity index (χ4n) is 3.47. The van der Waals surface area contributed by atoms with Crippen molar-refractivity contribution >= 4 is 67.6 Å². The molecule has 164 valence electrons. The summed E-state index contributed by atoms with van der Waals surface area (Å²) in [5.41, 5.74) is 2.05. The topological polar surface area (TPSA) is 48.5 Å². The number of nitrogens with one attached hydrogen (secondary N) is 1. The van der Waals surface area contributed by atoms with Gasteiger partial charge >= 0.3 is 0 Å². The summed E-state index contributed by atoms with van der Waals surface area (Å²) in [6, 6.07) is 11.5. The molecule has 0 bridgehead atoms. The van der Waals surface area contributed by atoms with Crippen LogP contribution in [0.1, 0.15) is 5.56 Å². The molecule has 2 heterocycles. The van der Waals surface area contributed by atoms with E-state index in [0.717, 1.165) is 58.9 Å². The number of anilines is 1. The molecule has 2 aromatic carbocycles. The number of aromatic nitrogens is 1. The van der Waals surface area contributed by atoms with Gasteiger partial charge in [0.15, 0.2) is 5.13 Å². The van der Waals surface area contributed by atoms with Crippen LogP contribution in [0.25, 0.3) is 10.2 Å². The number of halogens is 2. The first-order valence-electron chi connectivity index (χ1n) is 10.2. The van der Waals surface area contributed by atoms with Crippen molar-refractivity contribution < 1.29 is 4.79 Å². The number of thiazole rings is 1. The third-order valence-electron chi connectivity index (χ3n) is 5.31. The summed E-state index contributed by atoms with van der Waals surface area (Å²) in [6.07, 6.45) is 0. The number of benzene rings is 2. The van der Waals surface area contributed by atoms with Crippen molar-refractivity contribution in [2.75, 3.05) is 49.9 Å². The summed E-state index contributed by atoms with van der Waals surface area (Å²) < 4.78 is 1.18. The van der Waals surface area contributed by atoms with Crippen molar-refractivity contribution in [1.82, 2.24) is 15.2 Å². The number of fused-ring (bicyclic) bond motifs is 1. The SMILES string of the molecule is Cc1c(Cl)ccc2sc(N3CCN(CCNC(=O)CSc4ccc(Cl)cc4)CC3)nc12. The van der Waals surface area contributed by atoms with Crippen LogP contribution < -0.4 is 10.2 Å². The zero-order chi connectivity index (χ0) is 21.8. The van der Waals surface area contributed by atoms with Gasteiger partial charge in [0.1, 0.15) is 0 Å². The van der Waals surface area contributed by atoms with Crippen LogP contribution in [0, 0.1) is 6.92 Å². The van der Waals surface area contributed by atoms with E-state index in [1.54, 1.807) is 11.3 Å². The minimum absolute atomic E-state index is 0.0575. The van der Waals surface area contributed by atoms with Crippen LogP contribution in [0.5, 0.6) is 0 Å². The Morgan fingerprint density at radius 1 is 1.13 bits per heavy atom. The second kappa shape index (κ2) is 10.4. The lowest BCUT2D eigenvalue weighted by Crippen LogP contribution is -2.48. The van der Waals surface area contributed by atoms with E-state index < -0.39 is 0 Å². The molecule has 0 unspecified atom stereocenters. The number of hydrogen-bond donors (Lipinski definition) is 1. The molecule has 0 atom stereocenters. The van der Waals surface area contributed by atoms with Crippen LogP contribution >= 0.6 is 46.3 Å². The first kappa shape index (κ1) is 22.7. The number of hydrogen-bond acceptors (Lipinski definition) is 6. The highest BCUT2D eigenvalue weighted by molar-refractivity contribution is 8.00. The number of nitrogens with zero attached hydrogens (tertiary/aromatic N) is 3. The molecule has 5 nitrogen and oxygen atoms in total. The van der Waals surface area contributed by atoms with Crippen LogP contribution in [0.15, 0.2) is 41.3 Å². The first-order chi connectivity index (χ1) is 15.0. The lowest BCUT2D eigenvalue weighted by molar-refractivity contribution is -0.118. The van der Waals surface area contributed by atoms with Crippen LogP contribution in [0.4, 0.5) is 5.13 Å². The van der Waals surface area contributed by atoms with Gasteiger partial charge < -0.3 is 10.2 Å². The smallest absolute Gasteiger partial charge is 0.230 e. The van der Waals surface area contributed by atoms with Gasteiger partial charge in [0.2, 0.25) is 5.91 Å². The number of carbonyl (C=O) groups is 1. The number of aryl methyl sites for hydroxylation is 1. The van der Waals surface area contributed by atoms with E-state index >= 15 is 0 Å². The molecule has 0 aliphatic carbocycles. The second-order valence-electron chi connectivity index (χ2n) is 7.44. The molecule has 1 saturated heterocycles. The lowest BCUT2D eigenvalue weighted by Gasteiger charge is -2.34. The average molecular weight is 496 g/mol. The van der Waals surface area contributed by atoms with Gasteiger partial charge in [-0.1, -0.05) is 34.5 Å². The number of piperazine rings is 1. The molecule has 4 rings (SSSR count). The Morgan fingerprint density at radius 3 is 2.61 bits per heavy atom. The number of amides is 1. The Hall–Kier alpha value is -1.51. The number of thioether (sulfide) groups is 1. The summed E-state index contributed by atoms with van der Waals surface area (Å²) in [4.78, 5) is 22.7. The predicted molar refractivity (Wildman–Crippen MR) is 133 cm³/mol. The molecule has 1 amide bonds. The second-order valence-corrected chi connectivity index (χ2v) is 10.3. The molecular formula is C22H24Cl2N4OS2. The fraction of sp³-hybridized carbons (Fsp3) is 0.364. The van der Waals surface area contributed by atoms with Gasteiger partial charge in [-0.2, -0.15) is 0 Å². The van der Waals surface area contributed by atoms with Gasteiger partial charge in [-0.15, -0.1) is 11.8 Å². The van der Waals surface area contributed by atoms with Gasteiger partial charge in [-0.25, -0.2) is 4.98 Å². The number of rotatable bonds is 7. The van der Waals surface area contributed by atoms with E-state index in [1.807, 2.05) is 37.3 Å². The summed E-state index contributed by atoms with van der Waals surface area (Å²) in [7, 11) is 0. The van der Waals surface area contributed by atoms with Crippen LogP contribution in [-0.4, -0.2) is 60.8 Å². The summed E-state index contributed by atoms with van der Waals surface area (Å²) in [5, 5.41) is 5.55. The molecular weight excluding hydrogens is 471 g/mol. The predicted octanol–water partition coefficient (Wildman–Crippen LogP) is 4.94. The molecule has 0 saturated carbocycles. The van der Waals surface area contributed by atoms with Gasteiger partial charge in [-0.3, -0.25) is 9.69 Å². The van der Waals surface area contributed by atoms with Crippen molar-refractivity contribution in [2.45, 2.75) is 11.8 Å². The third-order valence-corrected chi connectivity index (χ3v) is 8.07. The Kier molecular flexibility index (Phi) is 7.61. The van der Waals surface area contributed by atoms with E-state index in [-0.39, 0.29) is 5.91 Å². The molecule has 1 aliphatic heterocycles. The zero-order valence-corrected chi connectivity index (χ0v) is 20.4. The van der Waals surface area contributed by atoms with Crippen molar-refractivity contribution in [2.24, 2.45) is 0 Å². The molecule has 3 aromatic rings. The largest absolute Gasteiger partial charge is 0.354 e. The van der Waals surface area contributed by atoms with Gasteiger partial charge in [0, 0.05) is 54.2 Å². The normalized spacial score (nSPS) is 14.9. The molecule has 1 fully saturated rings. The Balaban J connectivity index is 1.19. The van der Waals surface area contributed by atoms with E-state index in [0.29, 0.717) is 17.3 Å². The Labute approximate surface area is 200 Å². The minimum Gasteiger partial charge on any atom is -0.354 e. The van der Waals surface area contributed by atoms with Crippen molar-refractivity contribution in [3.8, 4) is 0 Å². The monoisotopic (exact) mass is 494 g/mol. The average Bonchev–Trinajstić information content (AvgIpc) is 3.22. The van der Waals surface area contributed by atoms with Gasteiger partial charge in [0.25, 0.3) is 0 Å². The van der Waals surface area contributed by atoms with E-state index in [1.165, 1.54) is 16.5 Å². The summed E-state index contributed by atoms with van der Waals surface area (Å²) in [5.74, 6) is 0.471. The first-order valence-corrected chi connectivity index (χ1v) is 12.7.